The van der Waals surface area contributed by atoms with E-state index in [1.54, 1.807) is 6.07 Å². The minimum absolute atomic E-state index is 0.0739. The zero-order chi connectivity index (χ0) is 15.9. The van der Waals surface area contributed by atoms with Crippen LogP contribution in [0, 0.1) is 5.92 Å². The van der Waals surface area contributed by atoms with Crippen LogP contribution in [0.2, 0.25) is 0 Å². The van der Waals surface area contributed by atoms with E-state index in [4.69, 9.17) is 10.2 Å². The van der Waals surface area contributed by atoms with Crippen LogP contribution >= 0.6 is 11.3 Å². The summed E-state index contributed by atoms with van der Waals surface area (Å²) >= 11 is 1.36. The number of carboxylic acid groups (broad SMARTS) is 1. The van der Waals surface area contributed by atoms with E-state index in [0.29, 0.717) is 18.0 Å². The van der Waals surface area contributed by atoms with Gasteiger partial charge in [-0.2, -0.15) is 0 Å². The molecule has 0 spiro atoms. The van der Waals surface area contributed by atoms with E-state index >= 15 is 0 Å². The smallest absolute Gasteiger partial charge is 0.304 e. The topological polar surface area (TPSA) is 81.1 Å². The van der Waals surface area contributed by atoms with Crippen molar-refractivity contribution in [1.82, 2.24) is 9.80 Å². The van der Waals surface area contributed by atoms with Crippen molar-refractivity contribution in [3.63, 3.8) is 0 Å². The Morgan fingerprint density at radius 2 is 1.91 bits per heavy atom. The largest absolute Gasteiger partial charge is 0.481 e. The monoisotopic (exact) mass is 326 g/mol. The van der Waals surface area contributed by atoms with Gasteiger partial charge in [0.15, 0.2) is 5.78 Å². The maximum Gasteiger partial charge on any atom is 0.304 e. The third kappa shape index (κ3) is 4.88. The average Bonchev–Trinajstić information content (AvgIpc) is 3.02. The van der Waals surface area contributed by atoms with Crippen LogP contribution in [0.15, 0.2) is 17.5 Å². The Bertz CT molecular complexity index is 484. The van der Waals surface area contributed by atoms with Crippen molar-refractivity contribution >= 4 is 23.1 Å². The van der Waals surface area contributed by atoms with Crippen LogP contribution in [0.5, 0.6) is 0 Å². The second-order valence-electron chi connectivity index (χ2n) is 5.50. The molecule has 0 amide bonds. The Morgan fingerprint density at radius 3 is 2.45 bits per heavy atom. The molecule has 1 saturated heterocycles. The molecule has 0 aromatic carbocycles. The number of rotatable bonds is 8. The lowest BCUT2D eigenvalue weighted by Crippen LogP contribution is -2.49. The summed E-state index contributed by atoms with van der Waals surface area (Å²) < 4.78 is 0. The molecule has 122 valence electrons. The van der Waals surface area contributed by atoms with Gasteiger partial charge < -0.3 is 15.1 Å². The average molecular weight is 326 g/mol. The summed E-state index contributed by atoms with van der Waals surface area (Å²) in [6.45, 7) is 4.58. The van der Waals surface area contributed by atoms with Gasteiger partial charge in [-0.3, -0.25) is 14.5 Å². The van der Waals surface area contributed by atoms with Crippen molar-refractivity contribution < 1.29 is 19.8 Å². The molecule has 1 aromatic heterocycles. The number of piperazine rings is 1. The molecule has 0 saturated carbocycles. The zero-order valence-corrected chi connectivity index (χ0v) is 13.3. The first-order valence-electron chi connectivity index (χ1n) is 7.45. The zero-order valence-electron chi connectivity index (χ0n) is 12.5. The van der Waals surface area contributed by atoms with Crippen molar-refractivity contribution in [1.29, 1.82) is 0 Å². The molecule has 2 heterocycles. The number of carbonyl (C=O) groups excluding carboxylic acids is 1. The second-order valence-corrected chi connectivity index (χ2v) is 6.45. The van der Waals surface area contributed by atoms with Gasteiger partial charge in [0.2, 0.25) is 0 Å². The molecule has 1 fully saturated rings. The number of hydrogen-bond donors (Lipinski definition) is 2. The van der Waals surface area contributed by atoms with E-state index < -0.39 is 11.9 Å². The van der Waals surface area contributed by atoms with Gasteiger partial charge in [-0.05, 0) is 11.4 Å². The first kappa shape index (κ1) is 17.1. The Hall–Kier alpha value is -1.28. The maximum absolute atomic E-state index is 12.5. The number of thiophene rings is 1. The Balaban J connectivity index is 1.93. The lowest BCUT2D eigenvalue weighted by molar-refractivity contribution is -0.137. The van der Waals surface area contributed by atoms with Gasteiger partial charge in [0.25, 0.3) is 0 Å². The predicted molar refractivity (Wildman–Crippen MR) is 84.4 cm³/mol. The molecule has 0 radical (unpaired) electrons. The molecule has 1 aliphatic heterocycles. The molecule has 0 aliphatic carbocycles. The van der Waals surface area contributed by atoms with E-state index in [-0.39, 0.29) is 18.8 Å². The van der Waals surface area contributed by atoms with Gasteiger partial charge in [0, 0.05) is 45.2 Å². The number of aliphatic carboxylic acids is 1. The normalized spacial score (nSPS) is 18.2. The minimum atomic E-state index is -0.936. The Labute approximate surface area is 134 Å². The third-order valence-corrected chi connectivity index (χ3v) is 4.80. The second kappa shape index (κ2) is 8.38. The number of carbonyl (C=O) groups is 2. The molecule has 1 aromatic rings. The van der Waals surface area contributed by atoms with E-state index in [1.807, 2.05) is 11.4 Å². The highest BCUT2D eigenvalue weighted by Gasteiger charge is 2.27. The number of nitrogens with zero attached hydrogens (tertiary/aromatic N) is 2. The highest BCUT2D eigenvalue weighted by atomic mass is 32.1. The first-order valence-corrected chi connectivity index (χ1v) is 8.33. The maximum atomic E-state index is 12.5. The van der Waals surface area contributed by atoms with Gasteiger partial charge in [0.1, 0.15) is 0 Å². The first-order chi connectivity index (χ1) is 10.6. The number of hydrogen-bond acceptors (Lipinski definition) is 6. The number of aliphatic hydroxyl groups is 1. The summed E-state index contributed by atoms with van der Waals surface area (Å²) in [6.07, 6.45) is -0.131. The summed E-state index contributed by atoms with van der Waals surface area (Å²) in [6, 6.07) is 3.56. The van der Waals surface area contributed by atoms with Crippen molar-refractivity contribution in [3.8, 4) is 0 Å². The molecule has 7 heteroatoms. The van der Waals surface area contributed by atoms with Crippen LogP contribution < -0.4 is 0 Å². The lowest BCUT2D eigenvalue weighted by Gasteiger charge is -2.35. The molecule has 1 unspecified atom stereocenters. The van der Waals surface area contributed by atoms with Gasteiger partial charge in [-0.25, -0.2) is 0 Å². The van der Waals surface area contributed by atoms with E-state index in [1.165, 1.54) is 11.3 Å². The molecule has 22 heavy (non-hydrogen) atoms. The van der Waals surface area contributed by atoms with Crippen LogP contribution in [0.25, 0.3) is 0 Å². The molecule has 6 nitrogen and oxygen atoms in total. The molecular formula is C15H22N2O4S. The lowest BCUT2D eigenvalue weighted by atomic mass is 9.98. The Kier molecular flexibility index (Phi) is 6.50. The quantitative estimate of drug-likeness (QED) is 0.682. The van der Waals surface area contributed by atoms with Crippen LogP contribution in [-0.4, -0.2) is 77.6 Å². The molecule has 2 N–H and O–H groups in total. The molecule has 1 atom stereocenters. The number of Topliss-reactive ketones (excluding diaryl/α,β-unsaturated/α-hetero) is 1. The fraction of sp³-hybridized carbons (Fsp3) is 0.600. The SMILES string of the molecule is O=C(O)CC(CN1CCN(CCO)CC1)C(=O)c1cccs1. The summed E-state index contributed by atoms with van der Waals surface area (Å²) in [5.74, 6) is -1.51. The number of aliphatic hydroxyl groups excluding tert-OH is 1. The standard InChI is InChI=1S/C15H22N2O4S/c18-8-7-16-3-5-17(6-4-16)11-12(10-14(19)20)15(21)13-2-1-9-22-13/h1-2,9,12,18H,3-8,10-11H2,(H,19,20). The van der Waals surface area contributed by atoms with Crippen molar-refractivity contribution in [2.24, 2.45) is 5.92 Å². The summed E-state index contributed by atoms with van der Waals surface area (Å²) in [5.41, 5.74) is 0. The van der Waals surface area contributed by atoms with Crippen molar-refractivity contribution in [3.05, 3.63) is 22.4 Å². The number of β-amino-alcohol motifs (C(OH)–C–C–N with tert-alkyl or cyclic N) is 1. The van der Waals surface area contributed by atoms with E-state index in [9.17, 15) is 9.59 Å². The van der Waals surface area contributed by atoms with Crippen LogP contribution in [-0.2, 0) is 4.79 Å². The van der Waals surface area contributed by atoms with E-state index in [2.05, 4.69) is 9.80 Å². The molecule has 1 aliphatic rings. The van der Waals surface area contributed by atoms with Gasteiger partial charge in [-0.1, -0.05) is 6.07 Å². The van der Waals surface area contributed by atoms with E-state index in [0.717, 1.165) is 26.2 Å². The van der Waals surface area contributed by atoms with Crippen molar-refractivity contribution in [2.75, 3.05) is 45.9 Å². The highest BCUT2D eigenvalue weighted by Crippen LogP contribution is 2.19. The van der Waals surface area contributed by atoms with Crippen LogP contribution in [0.1, 0.15) is 16.1 Å². The fourth-order valence-corrected chi connectivity index (χ4v) is 3.46. The van der Waals surface area contributed by atoms with Crippen LogP contribution in [0.4, 0.5) is 0 Å². The Morgan fingerprint density at radius 1 is 1.23 bits per heavy atom. The van der Waals surface area contributed by atoms with Gasteiger partial charge in [0.05, 0.1) is 17.9 Å². The summed E-state index contributed by atoms with van der Waals surface area (Å²) in [4.78, 5) is 28.5. The fourth-order valence-electron chi connectivity index (χ4n) is 2.72. The molecular weight excluding hydrogens is 304 g/mol. The summed E-state index contributed by atoms with van der Waals surface area (Å²) in [7, 11) is 0. The number of ketones is 1. The number of carboxylic acids is 1. The molecule has 2 rings (SSSR count). The minimum Gasteiger partial charge on any atom is -0.481 e. The summed E-state index contributed by atoms with van der Waals surface area (Å²) in [5, 5.41) is 19.8. The highest BCUT2D eigenvalue weighted by molar-refractivity contribution is 7.12. The van der Waals surface area contributed by atoms with Crippen LogP contribution in [0.3, 0.4) is 0 Å². The van der Waals surface area contributed by atoms with Crippen molar-refractivity contribution in [2.45, 2.75) is 6.42 Å². The van der Waals surface area contributed by atoms with Gasteiger partial charge >= 0.3 is 5.97 Å². The predicted octanol–water partition coefficient (Wildman–Crippen LogP) is 0.632. The molecule has 0 bridgehead atoms. The van der Waals surface area contributed by atoms with Gasteiger partial charge in [-0.15, -0.1) is 11.3 Å². The third-order valence-electron chi connectivity index (χ3n) is 3.92.